The summed E-state index contributed by atoms with van der Waals surface area (Å²) in [7, 11) is 0. The number of hydrogen-bond acceptors (Lipinski definition) is 2. The van der Waals surface area contributed by atoms with Crippen molar-refractivity contribution in [3.8, 4) is 0 Å². The van der Waals surface area contributed by atoms with E-state index in [0.717, 1.165) is 6.42 Å². The molecule has 0 N–H and O–H groups in total. The summed E-state index contributed by atoms with van der Waals surface area (Å²) in [5, 5.41) is 0. The first-order valence-corrected chi connectivity index (χ1v) is 4.54. The second-order valence-electron chi connectivity index (χ2n) is 2.80. The molecule has 66 valence electrons. The Labute approximate surface area is 79.4 Å². The average molecular weight is 182 g/mol. The van der Waals surface area contributed by atoms with Gasteiger partial charge in [-0.15, -0.1) is 0 Å². The first kappa shape index (κ1) is 9.62. The number of hydrogen-bond donors (Lipinski definition) is 1. The normalized spacial score (nSPS) is 12.9. The molecule has 0 spiro atoms. The van der Waals surface area contributed by atoms with Crippen LogP contribution < -0.4 is 0 Å². The summed E-state index contributed by atoms with van der Waals surface area (Å²) in [4.78, 5) is 0. The molecule has 12 heavy (non-hydrogen) atoms. The van der Waals surface area contributed by atoms with Gasteiger partial charge in [0.1, 0.15) is 0 Å². The number of rotatable bonds is 3. The van der Waals surface area contributed by atoms with Gasteiger partial charge in [0, 0.05) is 0 Å². The summed E-state index contributed by atoms with van der Waals surface area (Å²) in [5.41, 5.74) is 2.56. The SMILES string of the molecule is CCc1ccccc1C(C)OS. The fraction of sp³-hybridized carbons (Fsp3) is 0.400. The third-order valence-electron chi connectivity index (χ3n) is 2.03. The maximum absolute atomic E-state index is 4.97. The van der Waals surface area contributed by atoms with Crippen molar-refractivity contribution in [2.24, 2.45) is 0 Å². The zero-order valence-electron chi connectivity index (χ0n) is 7.45. The van der Waals surface area contributed by atoms with Crippen LogP contribution in [0.5, 0.6) is 0 Å². The van der Waals surface area contributed by atoms with Crippen LogP contribution in [0, 0.1) is 0 Å². The second-order valence-corrected chi connectivity index (χ2v) is 3.01. The third-order valence-corrected chi connectivity index (χ3v) is 2.35. The molecule has 0 heterocycles. The lowest BCUT2D eigenvalue weighted by Crippen LogP contribution is -1.97. The van der Waals surface area contributed by atoms with E-state index in [2.05, 4.69) is 32.0 Å². The van der Waals surface area contributed by atoms with Gasteiger partial charge >= 0.3 is 0 Å². The Morgan fingerprint density at radius 1 is 1.42 bits per heavy atom. The summed E-state index contributed by atoms with van der Waals surface area (Å²) in [6.07, 6.45) is 1.11. The number of aryl methyl sites for hydroxylation is 1. The van der Waals surface area contributed by atoms with Gasteiger partial charge in [-0.2, -0.15) is 0 Å². The van der Waals surface area contributed by atoms with Crippen LogP contribution in [0.2, 0.25) is 0 Å². The molecule has 0 aromatic heterocycles. The number of benzene rings is 1. The van der Waals surface area contributed by atoms with E-state index in [9.17, 15) is 0 Å². The first-order valence-electron chi connectivity index (χ1n) is 4.17. The topological polar surface area (TPSA) is 9.23 Å². The Bertz CT molecular complexity index is 247. The molecule has 1 aromatic carbocycles. The van der Waals surface area contributed by atoms with Gasteiger partial charge in [-0.05, 0) is 37.4 Å². The van der Waals surface area contributed by atoms with Gasteiger partial charge in [-0.3, -0.25) is 0 Å². The molecule has 0 saturated heterocycles. The van der Waals surface area contributed by atoms with E-state index >= 15 is 0 Å². The monoisotopic (exact) mass is 182 g/mol. The molecule has 1 rings (SSSR count). The fourth-order valence-electron chi connectivity index (χ4n) is 1.31. The highest BCUT2D eigenvalue weighted by molar-refractivity contribution is 7.75. The van der Waals surface area contributed by atoms with Gasteiger partial charge in [0.2, 0.25) is 0 Å². The molecule has 0 bridgehead atoms. The van der Waals surface area contributed by atoms with Crippen molar-refractivity contribution in [3.05, 3.63) is 35.4 Å². The zero-order chi connectivity index (χ0) is 8.97. The van der Waals surface area contributed by atoms with Crippen LogP contribution in [0.3, 0.4) is 0 Å². The summed E-state index contributed by atoms with van der Waals surface area (Å²) >= 11 is 3.81. The highest BCUT2D eigenvalue weighted by Gasteiger charge is 2.07. The Morgan fingerprint density at radius 2 is 2.08 bits per heavy atom. The van der Waals surface area contributed by atoms with Crippen LogP contribution >= 0.6 is 12.9 Å². The molecule has 0 aliphatic carbocycles. The lowest BCUT2D eigenvalue weighted by molar-refractivity contribution is 0.277. The fourth-order valence-corrected chi connectivity index (χ4v) is 1.42. The molecule has 0 radical (unpaired) electrons. The van der Waals surface area contributed by atoms with E-state index in [1.54, 1.807) is 0 Å². The zero-order valence-corrected chi connectivity index (χ0v) is 8.34. The minimum Gasteiger partial charge on any atom is -0.311 e. The maximum Gasteiger partial charge on any atom is 0.0943 e. The smallest absolute Gasteiger partial charge is 0.0943 e. The van der Waals surface area contributed by atoms with Gasteiger partial charge < -0.3 is 4.18 Å². The number of thiol groups is 1. The predicted molar refractivity (Wildman–Crippen MR) is 54.3 cm³/mol. The van der Waals surface area contributed by atoms with Crippen molar-refractivity contribution in [1.82, 2.24) is 0 Å². The minimum atomic E-state index is 0.0736. The molecule has 0 fully saturated rings. The van der Waals surface area contributed by atoms with Crippen LogP contribution in [0.4, 0.5) is 0 Å². The Balaban J connectivity index is 2.96. The maximum atomic E-state index is 4.97. The molecule has 0 saturated carbocycles. The molecular formula is C10H14OS. The van der Waals surface area contributed by atoms with Gasteiger partial charge in [0.15, 0.2) is 0 Å². The van der Waals surface area contributed by atoms with Crippen molar-refractivity contribution in [3.63, 3.8) is 0 Å². The molecule has 0 aliphatic heterocycles. The van der Waals surface area contributed by atoms with Crippen molar-refractivity contribution in [2.45, 2.75) is 26.4 Å². The molecular weight excluding hydrogens is 168 g/mol. The molecule has 1 atom stereocenters. The van der Waals surface area contributed by atoms with Crippen molar-refractivity contribution in [2.75, 3.05) is 0 Å². The van der Waals surface area contributed by atoms with Crippen LogP contribution in [0.25, 0.3) is 0 Å². The van der Waals surface area contributed by atoms with E-state index in [-0.39, 0.29) is 6.10 Å². The standard InChI is InChI=1S/C10H14OS/c1-3-9-6-4-5-7-10(9)8(2)11-12/h4-8,12H,3H2,1-2H3. The highest BCUT2D eigenvalue weighted by atomic mass is 32.1. The molecule has 1 aromatic rings. The van der Waals surface area contributed by atoms with Crippen molar-refractivity contribution in [1.29, 1.82) is 0 Å². The van der Waals surface area contributed by atoms with E-state index in [4.69, 9.17) is 4.18 Å². The molecule has 2 heteroatoms. The quantitative estimate of drug-likeness (QED) is 0.558. The molecule has 1 nitrogen and oxygen atoms in total. The van der Waals surface area contributed by atoms with Crippen LogP contribution in [-0.2, 0) is 10.6 Å². The van der Waals surface area contributed by atoms with Crippen molar-refractivity contribution >= 4 is 12.9 Å². The van der Waals surface area contributed by atoms with Gasteiger partial charge in [-0.1, -0.05) is 31.2 Å². The summed E-state index contributed by atoms with van der Waals surface area (Å²) < 4.78 is 4.97. The summed E-state index contributed by atoms with van der Waals surface area (Å²) in [6.45, 7) is 4.14. The van der Waals surface area contributed by atoms with E-state index in [1.807, 2.05) is 19.1 Å². The predicted octanol–water partition coefficient (Wildman–Crippen LogP) is 3.17. The average Bonchev–Trinajstić information content (AvgIpc) is 2.16. The molecule has 0 amide bonds. The minimum absolute atomic E-state index is 0.0736. The van der Waals surface area contributed by atoms with Gasteiger partial charge in [-0.25, -0.2) is 0 Å². The summed E-state index contributed by atoms with van der Waals surface area (Å²) in [5.74, 6) is 0. The Kier molecular flexibility index (Phi) is 3.63. The van der Waals surface area contributed by atoms with Crippen LogP contribution in [-0.4, -0.2) is 0 Å². The van der Waals surface area contributed by atoms with Gasteiger partial charge in [0.25, 0.3) is 0 Å². The lowest BCUT2D eigenvalue weighted by atomic mass is 10.0. The van der Waals surface area contributed by atoms with Crippen LogP contribution in [0.15, 0.2) is 24.3 Å². The van der Waals surface area contributed by atoms with E-state index in [1.165, 1.54) is 11.1 Å². The second kappa shape index (κ2) is 4.53. The Morgan fingerprint density at radius 3 is 2.67 bits per heavy atom. The van der Waals surface area contributed by atoms with Crippen LogP contribution in [0.1, 0.15) is 31.1 Å². The summed E-state index contributed by atoms with van der Waals surface area (Å²) in [6, 6.07) is 8.28. The largest absolute Gasteiger partial charge is 0.311 e. The molecule has 0 aliphatic rings. The molecule has 1 unspecified atom stereocenters. The highest BCUT2D eigenvalue weighted by Crippen LogP contribution is 2.21. The van der Waals surface area contributed by atoms with Gasteiger partial charge in [0.05, 0.1) is 6.10 Å². The Hall–Kier alpha value is -0.470. The van der Waals surface area contributed by atoms with Crippen molar-refractivity contribution < 1.29 is 4.18 Å². The van der Waals surface area contributed by atoms with E-state index < -0.39 is 0 Å². The third kappa shape index (κ3) is 2.02. The van der Waals surface area contributed by atoms with E-state index in [0.29, 0.717) is 0 Å². The first-order chi connectivity index (χ1) is 5.79. The lowest BCUT2D eigenvalue weighted by Gasteiger charge is -2.12.